The molecule has 2 amide bonds. The van der Waals surface area contributed by atoms with E-state index in [1.165, 1.54) is 6.26 Å². The van der Waals surface area contributed by atoms with Crippen molar-refractivity contribution >= 4 is 23.5 Å². The molecule has 31 heavy (non-hydrogen) atoms. The zero-order valence-corrected chi connectivity index (χ0v) is 18.2. The maximum absolute atomic E-state index is 12.0. The van der Waals surface area contributed by atoms with Crippen LogP contribution in [0.3, 0.4) is 0 Å². The molecule has 0 radical (unpaired) electrons. The van der Waals surface area contributed by atoms with E-state index in [0.29, 0.717) is 31.8 Å². The number of hydrogen-bond donors (Lipinski definition) is 3. The molecule has 1 fully saturated rings. The van der Waals surface area contributed by atoms with Crippen LogP contribution < -0.4 is 20.9 Å². The summed E-state index contributed by atoms with van der Waals surface area (Å²) in [6.07, 6.45) is 3.84. The van der Waals surface area contributed by atoms with Crippen molar-refractivity contribution < 1.29 is 14.0 Å². The van der Waals surface area contributed by atoms with Gasteiger partial charge in [-0.3, -0.25) is 9.59 Å². The normalized spacial score (nSPS) is 14.1. The molecule has 0 bridgehead atoms. The van der Waals surface area contributed by atoms with E-state index in [4.69, 9.17) is 4.42 Å². The van der Waals surface area contributed by atoms with E-state index in [9.17, 15) is 9.59 Å². The molecule has 1 aromatic carbocycles. The van der Waals surface area contributed by atoms with Crippen LogP contribution in [0.2, 0.25) is 0 Å². The first-order chi connectivity index (χ1) is 15.1. The van der Waals surface area contributed by atoms with E-state index in [1.54, 1.807) is 6.07 Å². The summed E-state index contributed by atoms with van der Waals surface area (Å²) >= 11 is 0. The highest BCUT2D eigenvalue weighted by atomic mass is 16.3. The largest absolute Gasteiger partial charge is 0.459 e. The highest BCUT2D eigenvalue weighted by Crippen LogP contribution is 2.21. The van der Waals surface area contributed by atoms with Crippen molar-refractivity contribution in [2.45, 2.75) is 39.7 Å². The number of hydrogen-bond acceptors (Lipinski definition) is 4. The number of amides is 2. The highest BCUT2D eigenvalue weighted by molar-refractivity contribution is 5.95. The summed E-state index contributed by atoms with van der Waals surface area (Å²) in [7, 11) is 0. The van der Waals surface area contributed by atoms with Crippen molar-refractivity contribution in [2.24, 2.45) is 4.99 Å². The van der Waals surface area contributed by atoms with E-state index in [0.717, 1.165) is 48.7 Å². The average molecular weight is 426 g/mol. The molecule has 0 unspecified atom stereocenters. The number of anilines is 1. The van der Waals surface area contributed by atoms with Crippen LogP contribution in [0, 0.1) is 6.92 Å². The van der Waals surface area contributed by atoms with Gasteiger partial charge >= 0.3 is 0 Å². The number of rotatable bonds is 9. The number of guanidine groups is 1. The van der Waals surface area contributed by atoms with Crippen molar-refractivity contribution in [2.75, 3.05) is 31.1 Å². The molecule has 0 saturated carbocycles. The Morgan fingerprint density at radius 2 is 1.90 bits per heavy atom. The first-order valence-corrected chi connectivity index (χ1v) is 10.8. The molecule has 1 aliphatic rings. The van der Waals surface area contributed by atoms with Gasteiger partial charge in [0.1, 0.15) is 0 Å². The maximum atomic E-state index is 12.0. The van der Waals surface area contributed by atoms with Gasteiger partial charge in [0.05, 0.1) is 12.8 Å². The van der Waals surface area contributed by atoms with Crippen LogP contribution >= 0.6 is 0 Å². The lowest BCUT2D eigenvalue weighted by Crippen LogP contribution is -2.38. The summed E-state index contributed by atoms with van der Waals surface area (Å²) in [5.74, 6) is 1.10. The molecule has 0 atom stereocenters. The first-order valence-electron chi connectivity index (χ1n) is 10.8. The topological polar surface area (TPSA) is 99.0 Å². The minimum absolute atomic E-state index is 0.192. The monoisotopic (exact) mass is 425 g/mol. The summed E-state index contributed by atoms with van der Waals surface area (Å²) in [6, 6.07) is 9.77. The van der Waals surface area contributed by atoms with Gasteiger partial charge in [0, 0.05) is 43.9 Å². The van der Waals surface area contributed by atoms with E-state index in [-0.39, 0.29) is 11.8 Å². The molecule has 1 aromatic heterocycles. The van der Waals surface area contributed by atoms with E-state index < -0.39 is 0 Å². The predicted octanol–water partition coefficient (Wildman–Crippen LogP) is 2.59. The third kappa shape index (κ3) is 6.34. The molecule has 0 spiro atoms. The smallest absolute Gasteiger partial charge is 0.287 e. The second-order valence-corrected chi connectivity index (χ2v) is 7.48. The van der Waals surface area contributed by atoms with Gasteiger partial charge in [-0.25, -0.2) is 4.99 Å². The van der Waals surface area contributed by atoms with E-state index in [1.807, 2.05) is 43.0 Å². The number of aryl methyl sites for hydroxylation is 1. The standard InChI is InChI=1S/C23H31N5O3/c1-3-24-23(26-13-5-12-25-22(30)21-17(2)11-15-31-21)27-16-18-7-9-19(10-8-18)28-14-4-6-20(28)29/h7-11,15H,3-6,12-14,16H2,1-2H3,(H,25,30)(H2,24,26,27). The maximum Gasteiger partial charge on any atom is 0.287 e. The quantitative estimate of drug-likeness (QED) is 0.326. The molecular weight excluding hydrogens is 394 g/mol. The molecule has 1 saturated heterocycles. The average Bonchev–Trinajstić information content (AvgIpc) is 3.40. The zero-order valence-electron chi connectivity index (χ0n) is 18.2. The second kappa shape index (κ2) is 11.2. The fourth-order valence-electron chi connectivity index (χ4n) is 3.40. The van der Waals surface area contributed by atoms with Crippen molar-refractivity contribution in [3.63, 3.8) is 0 Å². The molecule has 1 aliphatic heterocycles. The predicted molar refractivity (Wildman–Crippen MR) is 121 cm³/mol. The van der Waals surface area contributed by atoms with Gasteiger partial charge in [-0.1, -0.05) is 12.1 Å². The molecule has 166 valence electrons. The highest BCUT2D eigenvalue weighted by Gasteiger charge is 2.21. The SMILES string of the molecule is CCNC(=NCc1ccc(N2CCCC2=O)cc1)NCCCNC(=O)c1occc1C. The fraction of sp³-hybridized carbons (Fsp3) is 0.435. The van der Waals surface area contributed by atoms with Gasteiger partial charge in [-0.15, -0.1) is 0 Å². The fourth-order valence-corrected chi connectivity index (χ4v) is 3.40. The van der Waals surface area contributed by atoms with Gasteiger partial charge in [-0.05, 0) is 50.5 Å². The number of nitrogens with one attached hydrogen (secondary N) is 3. The molecule has 3 rings (SSSR count). The Balaban J connectivity index is 1.42. The van der Waals surface area contributed by atoms with Gasteiger partial charge in [-0.2, -0.15) is 0 Å². The van der Waals surface area contributed by atoms with Crippen LogP contribution in [0.4, 0.5) is 5.69 Å². The van der Waals surface area contributed by atoms with Crippen molar-refractivity contribution in [3.8, 4) is 0 Å². The Kier molecular flexibility index (Phi) is 8.09. The van der Waals surface area contributed by atoms with Crippen molar-refractivity contribution in [3.05, 3.63) is 53.5 Å². The molecule has 2 heterocycles. The zero-order chi connectivity index (χ0) is 22.1. The van der Waals surface area contributed by atoms with Crippen LogP contribution in [-0.2, 0) is 11.3 Å². The molecule has 0 aliphatic carbocycles. The molecule has 8 heteroatoms. The van der Waals surface area contributed by atoms with Crippen LogP contribution in [0.25, 0.3) is 0 Å². The summed E-state index contributed by atoms with van der Waals surface area (Å²) in [4.78, 5) is 30.4. The second-order valence-electron chi connectivity index (χ2n) is 7.48. The Bertz CT molecular complexity index is 904. The number of aliphatic imine (C=N–C) groups is 1. The van der Waals surface area contributed by atoms with Crippen molar-refractivity contribution in [1.82, 2.24) is 16.0 Å². The minimum Gasteiger partial charge on any atom is -0.459 e. The van der Waals surface area contributed by atoms with Crippen LogP contribution in [0.1, 0.15) is 47.9 Å². The number of benzene rings is 1. The van der Waals surface area contributed by atoms with Gasteiger partial charge in [0.25, 0.3) is 5.91 Å². The number of nitrogens with zero attached hydrogens (tertiary/aromatic N) is 2. The van der Waals surface area contributed by atoms with Crippen LogP contribution in [0.15, 0.2) is 46.0 Å². The molecular formula is C23H31N5O3. The number of furan rings is 1. The Hall–Kier alpha value is -3.29. The Morgan fingerprint density at radius 1 is 1.13 bits per heavy atom. The summed E-state index contributed by atoms with van der Waals surface area (Å²) in [5.41, 5.74) is 2.86. The third-order valence-corrected chi connectivity index (χ3v) is 5.09. The summed E-state index contributed by atoms with van der Waals surface area (Å²) in [5, 5.41) is 9.37. The van der Waals surface area contributed by atoms with Gasteiger partial charge < -0.3 is 25.3 Å². The lowest BCUT2D eigenvalue weighted by Gasteiger charge is -2.16. The Morgan fingerprint density at radius 3 is 2.55 bits per heavy atom. The van der Waals surface area contributed by atoms with E-state index in [2.05, 4.69) is 20.9 Å². The van der Waals surface area contributed by atoms with Gasteiger partial charge in [0.2, 0.25) is 5.91 Å². The lowest BCUT2D eigenvalue weighted by atomic mass is 10.2. The Labute approximate surface area is 183 Å². The number of carbonyl (C=O) groups is 2. The molecule has 8 nitrogen and oxygen atoms in total. The van der Waals surface area contributed by atoms with Crippen LogP contribution in [0.5, 0.6) is 0 Å². The van der Waals surface area contributed by atoms with Crippen LogP contribution in [-0.4, -0.2) is 44.0 Å². The summed E-state index contributed by atoms with van der Waals surface area (Å²) in [6.45, 7) is 7.19. The first kappa shape index (κ1) is 22.4. The number of carbonyl (C=O) groups excluding carboxylic acids is 2. The molecule has 2 aromatic rings. The molecule has 3 N–H and O–H groups in total. The minimum atomic E-state index is -0.192. The van der Waals surface area contributed by atoms with Crippen molar-refractivity contribution in [1.29, 1.82) is 0 Å². The van der Waals surface area contributed by atoms with Gasteiger partial charge in [0.15, 0.2) is 11.7 Å². The summed E-state index contributed by atoms with van der Waals surface area (Å²) < 4.78 is 5.19. The van der Waals surface area contributed by atoms with E-state index >= 15 is 0 Å². The lowest BCUT2D eigenvalue weighted by molar-refractivity contribution is -0.117. The third-order valence-electron chi connectivity index (χ3n) is 5.09.